The molecule has 7 nitrogen and oxygen atoms in total. The van der Waals surface area contributed by atoms with Crippen LogP contribution in [0.2, 0.25) is 0 Å². The summed E-state index contributed by atoms with van der Waals surface area (Å²) in [4.78, 5) is 55.9. The number of carbonyl (C=O) groups is 4. The van der Waals surface area contributed by atoms with Crippen LogP contribution >= 0.6 is 0 Å². The molecular weight excluding hydrogens is 502 g/mol. The summed E-state index contributed by atoms with van der Waals surface area (Å²) in [6, 6.07) is 23.5. The SMILES string of the molecule is CC[C@H](C)NC(=O)[C@@H](Cc1ccccc1)N(Cc1ccccc1C)C(=O)CCCN1C(=O)c2ccccc2C1=O. The third-order valence-electron chi connectivity index (χ3n) is 7.52. The number of rotatable bonds is 12. The highest BCUT2D eigenvalue weighted by Gasteiger charge is 2.35. The van der Waals surface area contributed by atoms with Crippen molar-refractivity contribution in [2.45, 2.75) is 65.1 Å². The number of aryl methyl sites for hydroxylation is 1. The largest absolute Gasteiger partial charge is 0.352 e. The van der Waals surface area contributed by atoms with Crippen molar-refractivity contribution in [3.05, 3.63) is 107 Å². The number of nitrogens with one attached hydrogen (secondary N) is 1. The number of imide groups is 1. The lowest BCUT2D eigenvalue weighted by molar-refractivity contribution is -0.141. The molecule has 0 saturated heterocycles. The summed E-state index contributed by atoms with van der Waals surface area (Å²) in [5, 5.41) is 3.08. The molecule has 0 spiro atoms. The third-order valence-corrected chi connectivity index (χ3v) is 7.52. The van der Waals surface area contributed by atoms with E-state index in [1.807, 2.05) is 75.4 Å². The molecular formula is C33H37N3O4. The number of nitrogens with zero attached hydrogens (tertiary/aromatic N) is 2. The molecule has 3 aromatic rings. The molecule has 0 radical (unpaired) electrons. The summed E-state index contributed by atoms with van der Waals surface area (Å²) in [6.45, 7) is 6.37. The van der Waals surface area contributed by atoms with Gasteiger partial charge in [-0.1, -0.05) is 73.7 Å². The van der Waals surface area contributed by atoms with Gasteiger partial charge >= 0.3 is 0 Å². The first-order chi connectivity index (χ1) is 19.3. The Bertz CT molecular complexity index is 1340. The van der Waals surface area contributed by atoms with E-state index in [-0.39, 0.29) is 49.2 Å². The fourth-order valence-corrected chi connectivity index (χ4v) is 4.94. The minimum atomic E-state index is -0.720. The van der Waals surface area contributed by atoms with Crippen molar-refractivity contribution in [1.82, 2.24) is 15.1 Å². The minimum Gasteiger partial charge on any atom is -0.352 e. The van der Waals surface area contributed by atoms with Gasteiger partial charge in [-0.3, -0.25) is 24.1 Å². The van der Waals surface area contributed by atoms with Gasteiger partial charge in [-0.25, -0.2) is 0 Å². The lowest BCUT2D eigenvalue weighted by Gasteiger charge is -2.33. The molecule has 0 unspecified atom stereocenters. The van der Waals surface area contributed by atoms with Crippen LogP contribution < -0.4 is 5.32 Å². The lowest BCUT2D eigenvalue weighted by Crippen LogP contribution is -2.52. The molecule has 1 N–H and O–H groups in total. The zero-order valence-corrected chi connectivity index (χ0v) is 23.4. The van der Waals surface area contributed by atoms with Gasteiger partial charge in [0.05, 0.1) is 11.1 Å². The molecule has 3 aromatic carbocycles. The van der Waals surface area contributed by atoms with Gasteiger partial charge in [-0.15, -0.1) is 0 Å². The first-order valence-corrected chi connectivity index (χ1v) is 13.9. The molecule has 0 aliphatic carbocycles. The molecule has 1 heterocycles. The second kappa shape index (κ2) is 13.2. The molecule has 4 rings (SSSR count). The Hall–Kier alpha value is -4.26. The highest BCUT2D eigenvalue weighted by Crippen LogP contribution is 2.23. The lowest BCUT2D eigenvalue weighted by atomic mass is 10.0. The predicted molar refractivity (Wildman–Crippen MR) is 155 cm³/mol. The molecule has 40 heavy (non-hydrogen) atoms. The van der Waals surface area contributed by atoms with Crippen LogP contribution in [0.3, 0.4) is 0 Å². The number of carbonyl (C=O) groups excluding carboxylic acids is 4. The molecule has 1 aliphatic rings. The van der Waals surface area contributed by atoms with Crippen molar-refractivity contribution < 1.29 is 19.2 Å². The molecule has 0 saturated carbocycles. The van der Waals surface area contributed by atoms with Gasteiger partial charge in [0.1, 0.15) is 6.04 Å². The molecule has 7 heteroatoms. The van der Waals surface area contributed by atoms with E-state index in [4.69, 9.17) is 0 Å². The quantitative estimate of drug-likeness (QED) is 0.331. The van der Waals surface area contributed by atoms with Crippen molar-refractivity contribution in [3.63, 3.8) is 0 Å². The van der Waals surface area contributed by atoms with Gasteiger partial charge in [0, 0.05) is 32.0 Å². The van der Waals surface area contributed by atoms with E-state index in [0.29, 0.717) is 24.0 Å². The maximum Gasteiger partial charge on any atom is 0.261 e. The average Bonchev–Trinajstić information content (AvgIpc) is 3.21. The molecule has 0 aromatic heterocycles. The van der Waals surface area contributed by atoms with Crippen molar-refractivity contribution >= 4 is 23.6 Å². The van der Waals surface area contributed by atoms with E-state index < -0.39 is 6.04 Å². The Morgan fingerprint density at radius 1 is 0.875 bits per heavy atom. The first-order valence-electron chi connectivity index (χ1n) is 13.9. The predicted octanol–water partition coefficient (Wildman–Crippen LogP) is 4.93. The summed E-state index contributed by atoms with van der Waals surface area (Å²) in [5.41, 5.74) is 3.74. The Morgan fingerprint density at radius 3 is 2.10 bits per heavy atom. The van der Waals surface area contributed by atoms with Gasteiger partial charge in [0.25, 0.3) is 11.8 Å². The van der Waals surface area contributed by atoms with E-state index in [1.54, 1.807) is 29.2 Å². The van der Waals surface area contributed by atoms with Gasteiger partial charge in [-0.2, -0.15) is 0 Å². The number of amides is 4. The van der Waals surface area contributed by atoms with Crippen molar-refractivity contribution in [2.75, 3.05) is 6.54 Å². The van der Waals surface area contributed by atoms with Crippen LogP contribution in [0, 0.1) is 6.92 Å². The van der Waals surface area contributed by atoms with Crippen molar-refractivity contribution in [3.8, 4) is 0 Å². The standard InChI is InChI=1S/C33H37N3O4/c1-4-24(3)34-31(38)29(21-25-14-6-5-7-15-25)36(22-26-16-9-8-13-23(26)2)30(37)19-12-20-35-32(39)27-17-10-11-18-28(27)33(35)40/h5-11,13-18,24,29H,4,12,19-22H2,1-3H3,(H,34,38)/t24-,29+/m0/s1. The van der Waals surface area contributed by atoms with E-state index in [1.165, 1.54) is 4.90 Å². The second-order valence-electron chi connectivity index (χ2n) is 10.4. The van der Waals surface area contributed by atoms with Gasteiger partial charge in [0.15, 0.2) is 0 Å². The van der Waals surface area contributed by atoms with Gasteiger partial charge in [-0.05, 0) is 55.5 Å². The van der Waals surface area contributed by atoms with Gasteiger partial charge in [0.2, 0.25) is 11.8 Å². The minimum absolute atomic E-state index is 0.0324. The van der Waals surface area contributed by atoms with Crippen molar-refractivity contribution in [1.29, 1.82) is 0 Å². The number of hydrogen-bond donors (Lipinski definition) is 1. The molecule has 0 bridgehead atoms. The van der Waals surface area contributed by atoms with Crippen LogP contribution in [0.25, 0.3) is 0 Å². The summed E-state index contributed by atoms with van der Waals surface area (Å²) >= 11 is 0. The molecule has 2 atom stereocenters. The monoisotopic (exact) mass is 539 g/mol. The van der Waals surface area contributed by atoms with Crippen LogP contribution in [0.5, 0.6) is 0 Å². The van der Waals surface area contributed by atoms with Crippen LogP contribution in [0.4, 0.5) is 0 Å². The maximum atomic E-state index is 13.9. The number of fused-ring (bicyclic) bond motifs is 1. The average molecular weight is 540 g/mol. The van der Waals surface area contributed by atoms with Crippen molar-refractivity contribution in [2.24, 2.45) is 0 Å². The van der Waals surface area contributed by atoms with E-state index in [9.17, 15) is 19.2 Å². The van der Waals surface area contributed by atoms with Crippen LogP contribution in [0.15, 0.2) is 78.9 Å². The van der Waals surface area contributed by atoms with E-state index in [2.05, 4.69) is 5.32 Å². The number of hydrogen-bond acceptors (Lipinski definition) is 4. The Kier molecular flexibility index (Phi) is 9.48. The Morgan fingerprint density at radius 2 is 1.48 bits per heavy atom. The fraction of sp³-hybridized carbons (Fsp3) is 0.333. The normalized spacial score (nSPS) is 14.0. The Balaban J connectivity index is 1.56. The maximum absolute atomic E-state index is 13.9. The summed E-state index contributed by atoms with van der Waals surface area (Å²) in [5.74, 6) is -1.06. The zero-order valence-electron chi connectivity index (χ0n) is 23.4. The molecule has 0 fully saturated rings. The highest BCUT2D eigenvalue weighted by atomic mass is 16.2. The van der Waals surface area contributed by atoms with Crippen LogP contribution in [-0.2, 0) is 22.6 Å². The summed E-state index contributed by atoms with van der Waals surface area (Å²) in [7, 11) is 0. The second-order valence-corrected chi connectivity index (χ2v) is 10.4. The molecule has 4 amide bonds. The highest BCUT2D eigenvalue weighted by molar-refractivity contribution is 6.21. The summed E-state index contributed by atoms with van der Waals surface area (Å²) < 4.78 is 0. The van der Waals surface area contributed by atoms with E-state index >= 15 is 0 Å². The molecule has 1 aliphatic heterocycles. The first kappa shape index (κ1) is 28.7. The topological polar surface area (TPSA) is 86.8 Å². The van der Waals surface area contributed by atoms with Gasteiger partial charge < -0.3 is 10.2 Å². The summed E-state index contributed by atoms with van der Waals surface area (Å²) in [6.07, 6.45) is 1.55. The van der Waals surface area contributed by atoms with Crippen LogP contribution in [0.1, 0.15) is 70.5 Å². The fourth-order valence-electron chi connectivity index (χ4n) is 4.94. The third kappa shape index (κ3) is 6.65. The van der Waals surface area contributed by atoms with Crippen LogP contribution in [-0.4, -0.2) is 52.1 Å². The smallest absolute Gasteiger partial charge is 0.261 e. The molecule has 208 valence electrons. The van der Waals surface area contributed by atoms with E-state index in [0.717, 1.165) is 23.1 Å². The number of benzene rings is 3. The zero-order chi connectivity index (χ0) is 28.6. The Labute approximate surface area is 236 Å².